The first kappa shape index (κ1) is 13.5. The van der Waals surface area contributed by atoms with Gasteiger partial charge in [-0.3, -0.25) is 9.78 Å². The molecule has 0 bridgehead atoms. The molecule has 0 fully saturated rings. The van der Waals surface area contributed by atoms with Crippen molar-refractivity contribution < 1.29 is 10.0 Å². The number of para-hydroxylation sites is 1. The molecule has 1 aromatic carbocycles. The zero-order chi connectivity index (χ0) is 14.5. The molecule has 102 valence electrons. The minimum Gasteiger partial charge on any atom is -0.409 e. The van der Waals surface area contributed by atoms with Crippen LogP contribution in [0.1, 0.15) is 21.5 Å². The lowest BCUT2D eigenvalue weighted by molar-refractivity contribution is 0.102. The predicted octanol–water partition coefficient (Wildman–Crippen LogP) is 1.74. The number of hydrogen-bond donors (Lipinski definition) is 3. The Morgan fingerprint density at radius 2 is 2.10 bits per heavy atom. The van der Waals surface area contributed by atoms with Crippen molar-refractivity contribution in [3.8, 4) is 0 Å². The summed E-state index contributed by atoms with van der Waals surface area (Å²) in [5.41, 5.74) is 7.82. The molecule has 2 rings (SSSR count). The van der Waals surface area contributed by atoms with E-state index >= 15 is 0 Å². The van der Waals surface area contributed by atoms with E-state index in [1.54, 1.807) is 36.5 Å². The maximum atomic E-state index is 12.1. The molecule has 0 aliphatic carbocycles. The second-order valence-corrected chi connectivity index (χ2v) is 4.24. The van der Waals surface area contributed by atoms with Gasteiger partial charge < -0.3 is 16.3 Å². The number of aryl methyl sites for hydroxylation is 1. The fourth-order valence-electron chi connectivity index (χ4n) is 1.74. The van der Waals surface area contributed by atoms with Gasteiger partial charge in [0, 0.05) is 18.0 Å². The number of nitrogens with zero attached hydrogens (tertiary/aromatic N) is 2. The van der Waals surface area contributed by atoms with Gasteiger partial charge in [-0.25, -0.2) is 0 Å². The number of aromatic nitrogens is 1. The van der Waals surface area contributed by atoms with E-state index in [9.17, 15) is 4.79 Å². The maximum Gasteiger partial charge on any atom is 0.257 e. The number of carbonyl (C=O) groups excluding carboxylic acids is 1. The molecule has 1 aromatic heterocycles. The summed E-state index contributed by atoms with van der Waals surface area (Å²) in [5, 5.41) is 14.4. The summed E-state index contributed by atoms with van der Waals surface area (Å²) in [6.45, 7) is 1.86. The van der Waals surface area contributed by atoms with Gasteiger partial charge in [0.1, 0.15) is 0 Å². The molecule has 0 unspecified atom stereocenters. The van der Waals surface area contributed by atoms with Crippen LogP contribution in [0.5, 0.6) is 0 Å². The van der Waals surface area contributed by atoms with Crippen molar-refractivity contribution in [2.75, 3.05) is 5.32 Å². The molecule has 6 heteroatoms. The van der Waals surface area contributed by atoms with Crippen LogP contribution in [0.2, 0.25) is 0 Å². The Hall–Kier alpha value is -2.89. The zero-order valence-corrected chi connectivity index (χ0v) is 10.9. The van der Waals surface area contributed by atoms with Crippen LogP contribution in [-0.4, -0.2) is 21.9 Å². The molecule has 0 atom stereocenters. The Labute approximate surface area is 115 Å². The number of nitrogens with two attached hydrogens (primary N) is 1. The number of benzene rings is 1. The quantitative estimate of drug-likeness (QED) is 0.342. The standard InChI is InChI=1S/C14H14N4O2/c1-9-6-10(8-16-7-9)14(19)17-12-5-3-2-4-11(12)13(15)18-20/h2-8,20H,1H3,(H2,15,18)(H,17,19). The number of amidine groups is 1. The topological polar surface area (TPSA) is 101 Å². The van der Waals surface area contributed by atoms with Crippen LogP contribution >= 0.6 is 0 Å². The van der Waals surface area contributed by atoms with E-state index in [0.29, 0.717) is 16.8 Å². The van der Waals surface area contributed by atoms with E-state index in [4.69, 9.17) is 10.9 Å². The molecule has 1 amide bonds. The van der Waals surface area contributed by atoms with E-state index in [-0.39, 0.29) is 11.7 Å². The van der Waals surface area contributed by atoms with Crippen LogP contribution in [-0.2, 0) is 0 Å². The molecular formula is C14H14N4O2. The fraction of sp³-hybridized carbons (Fsp3) is 0.0714. The maximum absolute atomic E-state index is 12.1. The molecule has 0 aliphatic rings. The van der Waals surface area contributed by atoms with Crippen LogP contribution in [0.25, 0.3) is 0 Å². The minimum absolute atomic E-state index is 0.0664. The highest BCUT2D eigenvalue weighted by molar-refractivity contribution is 6.09. The molecule has 0 radical (unpaired) electrons. The predicted molar refractivity (Wildman–Crippen MR) is 75.9 cm³/mol. The average Bonchev–Trinajstić information content (AvgIpc) is 2.47. The third-order valence-corrected chi connectivity index (χ3v) is 2.70. The van der Waals surface area contributed by atoms with Crippen molar-refractivity contribution in [1.82, 2.24) is 4.98 Å². The minimum atomic E-state index is -0.306. The number of amides is 1. The first-order chi connectivity index (χ1) is 9.61. The van der Waals surface area contributed by atoms with Crippen LogP contribution in [0.3, 0.4) is 0 Å². The van der Waals surface area contributed by atoms with Gasteiger partial charge in [-0.15, -0.1) is 0 Å². The van der Waals surface area contributed by atoms with Gasteiger partial charge in [-0.2, -0.15) is 0 Å². The van der Waals surface area contributed by atoms with Crippen LogP contribution in [0, 0.1) is 6.92 Å². The first-order valence-electron chi connectivity index (χ1n) is 5.91. The Balaban J connectivity index is 2.29. The van der Waals surface area contributed by atoms with Crippen molar-refractivity contribution in [3.63, 3.8) is 0 Å². The molecule has 4 N–H and O–H groups in total. The number of pyridine rings is 1. The molecule has 2 aromatic rings. The smallest absolute Gasteiger partial charge is 0.257 e. The average molecular weight is 270 g/mol. The number of rotatable bonds is 3. The summed E-state index contributed by atoms with van der Waals surface area (Å²) >= 11 is 0. The van der Waals surface area contributed by atoms with Crippen molar-refractivity contribution in [2.24, 2.45) is 10.9 Å². The van der Waals surface area contributed by atoms with Crippen molar-refractivity contribution in [3.05, 3.63) is 59.4 Å². The Bertz CT molecular complexity index is 668. The summed E-state index contributed by atoms with van der Waals surface area (Å²) in [6.07, 6.45) is 3.15. The van der Waals surface area contributed by atoms with Gasteiger partial charge in [0.25, 0.3) is 5.91 Å². The highest BCUT2D eigenvalue weighted by atomic mass is 16.4. The Morgan fingerprint density at radius 3 is 2.80 bits per heavy atom. The number of oxime groups is 1. The largest absolute Gasteiger partial charge is 0.409 e. The summed E-state index contributed by atoms with van der Waals surface area (Å²) in [5.74, 6) is -0.373. The van der Waals surface area contributed by atoms with E-state index in [1.165, 1.54) is 6.20 Å². The highest BCUT2D eigenvalue weighted by Gasteiger charge is 2.11. The lowest BCUT2D eigenvalue weighted by atomic mass is 10.1. The van der Waals surface area contributed by atoms with Gasteiger partial charge in [0.15, 0.2) is 5.84 Å². The van der Waals surface area contributed by atoms with Gasteiger partial charge in [-0.1, -0.05) is 17.3 Å². The summed E-state index contributed by atoms with van der Waals surface area (Å²) in [4.78, 5) is 16.1. The monoisotopic (exact) mass is 270 g/mol. The van der Waals surface area contributed by atoms with Gasteiger partial charge in [-0.05, 0) is 30.7 Å². The normalized spacial score (nSPS) is 11.2. The number of nitrogens with one attached hydrogen (secondary N) is 1. The third kappa shape index (κ3) is 2.92. The van der Waals surface area contributed by atoms with Crippen LogP contribution < -0.4 is 11.1 Å². The first-order valence-corrected chi connectivity index (χ1v) is 5.91. The fourth-order valence-corrected chi connectivity index (χ4v) is 1.74. The van der Waals surface area contributed by atoms with Crippen molar-refractivity contribution >= 4 is 17.4 Å². The molecule has 0 saturated heterocycles. The van der Waals surface area contributed by atoms with Crippen molar-refractivity contribution in [1.29, 1.82) is 0 Å². The van der Waals surface area contributed by atoms with Gasteiger partial charge >= 0.3 is 0 Å². The van der Waals surface area contributed by atoms with Gasteiger partial charge in [0.05, 0.1) is 11.3 Å². The summed E-state index contributed by atoms with van der Waals surface area (Å²) < 4.78 is 0. The SMILES string of the molecule is Cc1cncc(C(=O)Nc2ccccc2C(N)=NO)c1. The van der Waals surface area contributed by atoms with E-state index in [1.807, 2.05) is 6.92 Å². The third-order valence-electron chi connectivity index (χ3n) is 2.70. The van der Waals surface area contributed by atoms with E-state index < -0.39 is 0 Å². The second-order valence-electron chi connectivity index (χ2n) is 4.24. The molecule has 0 spiro atoms. The molecular weight excluding hydrogens is 256 g/mol. The molecule has 0 aliphatic heterocycles. The van der Waals surface area contributed by atoms with Crippen LogP contribution in [0.4, 0.5) is 5.69 Å². The van der Waals surface area contributed by atoms with E-state index in [0.717, 1.165) is 5.56 Å². The summed E-state index contributed by atoms with van der Waals surface area (Å²) in [7, 11) is 0. The molecule has 0 saturated carbocycles. The molecule has 20 heavy (non-hydrogen) atoms. The lowest BCUT2D eigenvalue weighted by Crippen LogP contribution is -2.19. The molecule has 1 heterocycles. The Kier molecular flexibility index (Phi) is 3.95. The second kappa shape index (κ2) is 5.83. The number of carbonyl (C=O) groups is 1. The highest BCUT2D eigenvalue weighted by Crippen LogP contribution is 2.16. The van der Waals surface area contributed by atoms with E-state index in [2.05, 4.69) is 15.5 Å². The number of anilines is 1. The van der Waals surface area contributed by atoms with Crippen molar-refractivity contribution in [2.45, 2.75) is 6.92 Å². The number of hydrogen-bond acceptors (Lipinski definition) is 4. The lowest BCUT2D eigenvalue weighted by Gasteiger charge is -2.10. The Morgan fingerprint density at radius 1 is 1.35 bits per heavy atom. The van der Waals surface area contributed by atoms with Gasteiger partial charge in [0.2, 0.25) is 0 Å². The molecule has 6 nitrogen and oxygen atoms in total. The summed E-state index contributed by atoms with van der Waals surface area (Å²) in [6, 6.07) is 8.54. The zero-order valence-electron chi connectivity index (χ0n) is 10.9. The van der Waals surface area contributed by atoms with Crippen LogP contribution in [0.15, 0.2) is 47.9 Å².